The third-order valence-corrected chi connectivity index (χ3v) is 1.49. The van der Waals surface area contributed by atoms with Gasteiger partial charge in [0.15, 0.2) is 18.0 Å². The monoisotopic (exact) mass is 150 g/mol. The zero-order chi connectivity index (χ0) is 8.27. The lowest BCUT2D eigenvalue weighted by Gasteiger charge is -1.93. The molecule has 3 heteroatoms. The van der Waals surface area contributed by atoms with Gasteiger partial charge < -0.3 is 4.42 Å². The van der Waals surface area contributed by atoms with Crippen LogP contribution in [0, 0.1) is 0 Å². The first-order valence-electron chi connectivity index (χ1n) is 3.33. The average Bonchev–Trinajstić information content (AvgIpc) is 2.50. The summed E-state index contributed by atoms with van der Waals surface area (Å²) < 4.78 is 5.10. The Labute approximate surface area is 65.5 Å². The average molecular weight is 150 g/mol. The molecule has 1 aromatic heterocycles. The first-order valence-corrected chi connectivity index (χ1v) is 3.33. The maximum Gasteiger partial charge on any atom is 0.198 e. The van der Waals surface area contributed by atoms with Crippen LogP contribution in [0.3, 0.4) is 0 Å². The van der Waals surface area contributed by atoms with E-state index in [9.17, 15) is 0 Å². The lowest BCUT2D eigenvalue weighted by Crippen LogP contribution is -1.73. The van der Waals surface area contributed by atoms with Crippen LogP contribution in [-0.2, 0) is 0 Å². The van der Waals surface area contributed by atoms with Crippen molar-refractivity contribution in [3.8, 4) is 0 Å². The van der Waals surface area contributed by atoms with Crippen molar-refractivity contribution in [3.05, 3.63) is 18.2 Å². The van der Waals surface area contributed by atoms with Gasteiger partial charge in [-0.15, -0.1) is 0 Å². The van der Waals surface area contributed by atoms with E-state index < -0.39 is 0 Å². The zero-order valence-corrected chi connectivity index (χ0v) is 6.66. The summed E-state index contributed by atoms with van der Waals surface area (Å²) in [5.74, 6) is 1.25. The SMILES string of the molecule is C=Nc1ncoc1/C(C)=C\C. The van der Waals surface area contributed by atoms with E-state index in [0.29, 0.717) is 11.6 Å². The highest BCUT2D eigenvalue weighted by molar-refractivity contribution is 5.67. The first-order chi connectivity index (χ1) is 5.29. The minimum absolute atomic E-state index is 0.556. The summed E-state index contributed by atoms with van der Waals surface area (Å²) in [5, 5.41) is 0. The molecule has 0 aromatic carbocycles. The molecule has 0 radical (unpaired) electrons. The maximum atomic E-state index is 5.10. The second-order valence-electron chi connectivity index (χ2n) is 2.13. The molecule has 0 bridgehead atoms. The van der Waals surface area contributed by atoms with E-state index in [-0.39, 0.29) is 0 Å². The second-order valence-corrected chi connectivity index (χ2v) is 2.13. The summed E-state index contributed by atoms with van der Waals surface area (Å²) in [5.41, 5.74) is 1.02. The summed E-state index contributed by atoms with van der Waals surface area (Å²) in [6.07, 6.45) is 3.31. The van der Waals surface area contributed by atoms with Crippen molar-refractivity contribution in [2.24, 2.45) is 4.99 Å². The molecule has 0 saturated heterocycles. The van der Waals surface area contributed by atoms with E-state index in [2.05, 4.69) is 16.7 Å². The van der Waals surface area contributed by atoms with Gasteiger partial charge >= 0.3 is 0 Å². The number of oxazole rings is 1. The molecule has 1 rings (SSSR count). The fraction of sp³-hybridized carbons (Fsp3) is 0.250. The topological polar surface area (TPSA) is 38.4 Å². The normalized spacial score (nSPS) is 11.6. The fourth-order valence-electron chi connectivity index (χ4n) is 0.753. The smallest absolute Gasteiger partial charge is 0.198 e. The van der Waals surface area contributed by atoms with Gasteiger partial charge in [-0.25, -0.2) is 4.99 Å². The van der Waals surface area contributed by atoms with E-state index in [1.807, 2.05) is 19.9 Å². The number of allylic oxidation sites excluding steroid dienone is 2. The molecule has 1 heterocycles. The summed E-state index contributed by atoms with van der Waals surface area (Å²) in [6, 6.07) is 0. The molecule has 3 nitrogen and oxygen atoms in total. The van der Waals surface area contributed by atoms with Gasteiger partial charge in [-0.05, 0) is 26.1 Å². The minimum atomic E-state index is 0.556. The van der Waals surface area contributed by atoms with Crippen LogP contribution in [0.1, 0.15) is 19.6 Å². The van der Waals surface area contributed by atoms with Crippen molar-refractivity contribution in [2.45, 2.75) is 13.8 Å². The molecule has 0 aliphatic heterocycles. The predicted octanol–water partition coefficient (Wildman–Crippen LogP) is 2.43. The number of rotatable bonds is 2. The molecule has 1 aromatic rings. The Hall–Kier alpha value is -1.38. The Bertz CT molecular complexity index is 286. The number of hydrogen-bond donors (Lipinski definition) is 0. The lowest BCUT2D eigenvalue weighted by molar-refractivity contribution is 0.544. The van der Waals surface area contributed by atoms with Crippen LogP contribution in [0.2, 0.25) is 0 Å². The van der Waals surface area contributed by atoms with Gasteiger partial charge in [0, 0.05) is 0 Å². The summed E-state index contributed by atoms with van der Waals surface area (Å²) in [7, 11) is 0. The molecule has 0 aliphatic carbocycles. The molecule has 0 saturated carbocycles. The highest BCUT2D eigenvalue weighted by Crippen LogP contribution is 2.23. The van der Waals surface area contributed by atoms with Gasteiger partial charge in [-0.3, -0.25) is 0 Å². The van der Waals surface area contributed by atoms with Crippen LogP contribution < -0.4 is 0 Å². The fourth-order valence-corrected chi connectivity index (χ4v) is 0.753. The molecule has 0 atom stereocenters. The number of hydrogen-bond acceptors (Lipinski definition) is 3. The Balaban J connectivity index is 3.12. The minimum Gasteiger partial charge on any atom is -0.441 e. The number of nitrogens with zero attached hydrogens (tertiary/aromatic N) is 2. The largest absolute Gasteiger partial charge is 0.441 e. The highest BCUT2D eigenvalue weighted by Gasteiger charge is 2.06. The summed E-state index contributed by atoms with van der Waals surface area (Å²) in [6.45, 7) is 7.26. The van der Waals surface area contributed by atoms with Crippen molar-refractivity contribution < 1.29 is 4.42 Å². The van der Waals surface area contributed by atoms with Gasteiger partial charge in [-0.1, -0.05) is 6.08 Å². The molecule has 0 N–H and O–H groups in total. The molecular formula is C8H10N2O. The van der Waals surface area contributed by atoms with Crippen LogP contribution in [0.4, 0.5) is 5.82 Å². The molecule has 0 spiro atoms. The maximum absolute atomic E-state index is 5.10. The first kappa shape index (κ1) is 7.72. The molecule has 0 amide bonds. The molecule has 58 valence electrons. The lowest BCUT2D eigenvalue weighted by atomic mass is 10.2. The van der Waals surface area contributed by atoms with Crippen molar-refractivity contribution >= 4 is 18.1 Å². The Morgan fingerprint density at radius 3 is 3.09 bits per heavy atom. The van der Waals surface area contributed by atoms with E-state index in [1.54, 1.807) is 0 Å². The standard InChI is InChI=1S/C8H10N2O/c1-4-6(2)7-8(9-3)10-5-11-7/h4-5H,3H2,1-2H3/b6-4-. The van der Waals surface area contributed by atoms with Crippen molar-refractivity contribution in [3.63, 3.8) is 0 Å². The van der Waals surface area contributed by atoms with Crippen molar-refractivity contribution in [1.29, 1.82) is 0 Å². The Morgan fingerprint density at radius 2 is 2.55 bits per heavy atom. The van der Waals surface area contributed by atoms with Gasteiger partial charge in [0.2, 0.25) is 0 Å². The van der Waals surface area contributed by atoms with E-state index >= 15 is 0 Å². The molecule has 11 heavy (non-hydrogen) atoms. The van der Waals surface area contributed by atoms with Crippen molar-refractivity contribution in [1.82, 2.24) is 4.98 Å². The van der Waals surface area contributed by atoms with Crippen LogP contribution >= 0.6 is 0 Å². The molecular weight excluding hydrogens is 140 g/mol. The van der Waals surface area contributed by atoms with Crippen LogP contribution in [0.15, 0.2) is 21.9 Å². The highest BCUT2D eigenvalue weighted by atomic mass is 16.3. The van der Waals surface area contributed by atoms with Gasteiger partial charge in [0.1, 0.15) is 0 Å². The van der Waals surface area contributed by atoms with Crippen LogP contribution in [0.25, 0.3) is 5.57 Å². The Morgan fingerprint density at radius 1 is 1.82 bits per heavy atom. The van der Waals surface area contributed by atoms with E-state index in [1.165, 1.54) is 6.39 Å². The second kappa shape index (κ2) is 3.14. The summed E-state index contributed by atoms with van der Waals surface area (Å²) >= 11 is 0. The number of aliphatic imine (C=N–C) groups is 1. The molecule has 0 unspecified atom stereocenters. The van der Waals surface area contributed by atoms with Gasteiger partial charge in [-0.2, -0.15) is 4.98 Å². The summed E-state index contributed by atoms with van der Waals surface area (Å²) in [4.78, 5) is 7.57. The molecule has 0 aliphatic rings. The van der Waals surface area contributed by atoms with E-state index in [4.69, 9.17) is 4.42 Å². The zero-order valence-electron chi connectivity index (χ0n) is 6.66. The predicted molar refractivity (Wildman–Crippen MR) is 45.0 cm³/mol. The quantitative estimate of drug-likeness (QED) is 0.607. The van der Waals surface area contributed by atoms with Crippen LogP contribution in [-0.4, -0.2) is 11.7 Å². The number of aromatic nitrogens is 1. The third-order valence-electron chi connectivity index (χ3n) is 1.49. The van der Waals surface area contributed by atoms with Crippen molar-refractivity contribution in [2.75, 3.05) is 0 Å². The Kier molecular flexibility index (Phi) is 2.21. The third kappa shape index (κ3) is 1.37. The van der Waals surface area contributed by atoms with Gasteiger partial charge in [0.05, 0.1) is 0 Å². The molecule has 0 fully saturated rings. The van der Waals surface area contributed by atoms with Gasteiger partial charge in [0.25, 0.3) is 0 Å². The van der Waals surface area contributed by atoms with E-state index in [0.717, 1.165) is 5.57 Å². The van der Waals surface area contributed by atoms with Crippen LogP contribution in [0.5, 0.6) is 0 Å².